The lowest BCUT2D eigenvalue weighted by Crippen LogP contribution is -2.51. The number of anilines is 2. The number of amides is 2. The van der Waals surface area contributed by atoms with E-state index in [-0.39, 0.29) is 36.0 Å². The quantitative estimate of drug-likeness (QED) is 0.193. The number of nitrogens with zero attached hydrogens (tertiary/aromatic N) is 3. The second-order valence-corrected chi connectivity index (χ2v) is 18.9. The first-order chi connectivity index (χ1) is 24.6. The number of rotatable bonds is 10. The lowest BCUT2D eigenvalue weighted by Gasteiger charge is -2.37. The van der Waals surface area contributed by atoms with E-state index in [1.54, 1.807) is 14.2 Å². The van der Waals surface area contributed by atoms with Gasteiger partial charge in [-0.15, -0.1) is 0 Å². The molecule has 51 heavy (non-hydrogen) atoms. The van der Waals surface area contributed by atoms with Crippen LogP contribution < -0.4 is 24.6 Å². The van der Waals surface area contributed by atoms with E-state index in [0.29, 0.717) is 37.2 Å². The molecule has 0 aliphatic carbocycles. The fourth-order valence-electron chi connectivity index (χ4n) is 8.49. The molecule has 1 fully saturated rings. The van der Waals surface area contributed by atoms with Crippen molar-refractivity contribution in [3.63, 3.8) is 0 Å². The molecule has 4 aromatic carbocycles. The highest BCUT2D eigenvalue weighted by atomic mass is 28.3. The van der Waals surface area contributed by atoms with Crippen molar-refractivity contribution in [2.75, 3.05) is 30.7 Å². The van der Waals surface area contributed by atoms with Gasteiger partial charge in [-0.05, 0) is 65.6 Å². The molecule has 0 bridgehead atoms. The standard InChI is InChI=1S/C41H45N3O6Si/c1-27-39(51(4,5)33-18-15-31(48-2)16-19-33)37(23-24-45)50-41(27)34-25-32(49-3)17-21-36(34)43(40(41)47)26-28-11-13-30(14-12-28)44-38(46)22-20-35(42-44)29-9-7-6-8-10-29/h6-19,21,25,27,37,39,45H,20,22-24,26H2,1-5H3/t27-,37+,39-,41+/m1/s1. The number of hydrogen-bond acceptors (Lipinski definition) is 7. The van der Waals surface area contributed by atoms with Crippen LogP contribution in [0.15, 0.2) is 102 Å². The fourth-order valence-corrected chi connectivity index (χ4v) is 12.6. The van der Waals surface area contributed by atoms with Crippen molar-refractivity contribution in [3.05, 3.63) is 114 Å². The molecule has 0 aromatic heterocycles. The summed E-state index contributed by atoms with van der Waals surface area (Å²) in [5, 5.41) is 17.7. The zero-order valence-corrected chi connectivity index (χ0v) is 30.8. The molecule has 264 valence electrons. The molecule has 3 heterocycles. The van der Waals surface area contributed by atoms with Crippen molar-refractivity contribution in [3.8, 4) is 11.5 Å². The maximum Gasteiger partial charge on any atom is 0.264 e. The molecular formula is C41H45N3O6Si. The first-order valence-corrected chi connectivity index (χ1v) is 20.7. The molecule has 1 saturated heterocycles. The summed E-state index contributed by atoms with van der Waals surface area (Å²) in [7, 11) is 0.987. The van der Waals surface area contributed by atoms with Crippen LogP contribution in [0.5, 0.6) is 11.5 Å². The minimum atomic E-state index is -2.30. The van der Waals surface area contributed by atoms with Gasteiger partial charge in [0, 0.05) is 30.9 Å². The maximum atomic E-state index is 15.0. The number of aliphatic hydroxyl groups is 1. The van der Waals surface area contributed by atoms with Crippen molar-refractivity contribution in [1.82, 2.24) is 0 Å². The summed E-state index contributed by atoms with van der Waals surface area (Å²) in [5.74, 6) is 1.09. The van der Waals surface area contributed by atoms with Gasteiger partial charge in [0.05, 0.1) is 52.0 Å². The number of methoxy groups -OCH3 is 2. The van der Waals surface area contributed by atoms with Gasteiger partial charge in [-0.1, -0.05) is 79.8 Å². The Bertz CT molecular complexity index is 1950. The van der Waals surface area contributed by atoms with Gasteiger partial charge in [-0.3, -0.25) is 9.59 Å². The normalized spacial score (nSPS) is 23.1. The van der Waals surface area contributed by atoms with E-state index in [0.717, 1.165) is 33.8 Å². The van der Waals surface area contributed by atoms with Crippen LogP contribution in [0.2, 0.25) is 18.6 Å². The van der Waals surface area contributed by atoms with Crippen LogP contribution in [0.3, 0.4) is 0 Å². The monoisotopic (exact) mass is 703 g/mol. The molecule has 7 rings (SSSR count). The summed E-state index contributed by atoms with van der Waals surface area (Å²) in [6, 6.07) is 31.6. The molecule has 4 atom stereocenters. The molecule has 0 saturated carbocycles. The third-order valence-electron chi connectivity index (χ3n) is 11.1. The number of carbonyl (C=O) groups excluding carboxylic acids is 2. The summed E-state index contributed by atoms with van der Waals surface area (Å²) < 4.78 is 18.1. The zero-order chi connectivity index (χ0) is 35.9. The highest BCUT2D eigenvalue weighted by Crippen LogP contribution is 2.60. The van der Waals surface area contributed by atoms with Gasteiger partial charge in [0.15, 0.2) is 5.60 Å². The van der Waals surface area contributed by atoms with Gasteiger partial charge < -0.3 is 24.2 Å². The van der Waals surface area contributed by atoms with E-state index in [1.165, 1.54) is 10.2 Å². The molecule has 1 spiro atoms. The number of hydrazone groups is 1. The number of benzene rings is 4. The number of ether oxygens (including phenoxy) is 3. The molecule has 2 amide bonds. The highest BCUT2D eigenvalue weighted by molar-refractivity contribution is 6.91. The van der Waals surface area contributed by atoms with Crippen molar-refractivity contribution >= 4 is 42.2 Å². The first kappa shape index (κ1) is 34.7. The Morgan fingerprint density at radius 3 is 2.25 bits per heavy atom. The van der Waals surface area contributed by atoms with E-state index < -0.39 is 13.7 Å². The molecule has 3 aliphatic rings. The van der Waals surface area contributed by atoms with Crippen LogP contribution in [0, 0.1) is 5.92 Å². The van der Waals surface area contributed by atoms with E-state index in [4.69, 9.17) is 19.3 Å². The van der Waals surface area contributed by atoms with Crippen molar-refractivity contribution in [2.45, 2.75) is 63.1 Å². The van der Waals surface area contributed by atoms with Crippen LogP contribution in [0.4, 0.5) is 11.4 Å². The molecule has 4 aromatic rings. The lowest BCUT2D eigenvalue weighted by molar-refractivity contribution is -0.146. The van der Waals surface area contributed by atoms with E-state index in [1.807, 2.05) is 89.8 Å². The highest BCUT2D eigenvalue weighted by Gasteiger charge is 2.66. The SMILES string of the molecule is COc1ccc([Si](C)(C)[C@H]2[C@H](CCO)O[C@@]3(C(=O)N(Cc4ccc(N5N=C(c6ccccc6)CCC5=O)cc4)c4ccc(OC)cc43)[C@@H]2C)cc1. The Hall–Kier alpha value is -4.77. The number of hydrogen-bond donors (Lipinski definition) is 1. The molecule has 10 heteroatoms. The molecular weight excluding hydrogens is 659 g/mol. The Morgan fingerprint density at radius 1 is 0.902 bits per heavy atom. The molecule has 3 aliphatic heterocycles. The molecule has 0 radical (unpaired) electrons. The summed E-state index contributed by atoms with van der Waals surface area (Å²) in [6.07, 6.45) is 1.09. The van der Waals surface area contributed by atoms with Gasteiger partial charge in [-0.25, -0.2) is 5.01 Å². The number of fused-ring (bicyclic) bond motifs is 2. The third-order valence-corrected chi connectivity index (χ3v) is 15.5. The van der Waals surface area contributed by atoms with Gasteiger partial charge in [-0.2, -0.15) is 5.10 Å². The predicted octanol–water partition coefficient (Wildman–Crippen LogP) is 6.38. The van der Waals surface area contributed by atoms with E-state index in [9.17, 15) is 14.7 Å². The lowest BCUT2D eigenvalue weighted by atomic mass is 9.82. The van der Waals surface area contributed by atoms with Crippen LogP contribution in [-0.2, 0) is 26.5 Å². The molecule has 1 N–H and O–H groups in total. The Kier molecular flexibility index (Phi) is 9.34. The smallest absolute Gasteiger partial charge is 0.264 e. The van der Waals surface area contributed by atoms with Crippen LogP contribution in [-0.4, -0.2) is 57.6 Å². The van der Waals surface area contributed by atoms with Crippen molar-refractivity contribution in [1.29, 1.82) is 0 Å². The average molecular weight is 704 g/mol. The van der Waals surface area contributed by atoms with Gasteiger partial charge >= 0.3 is 0 Å². The van der Waals surface area contributed by atoms with Crippen LogP contribution in [0.1, 0.15) is 42.9 Å². The van der Waals surface area contributed by atoms with Crippen molar-refractivity contribution < 1.29 is 28.9 Å². The first-order valence-electron chi connectivity index (χ1n) is 17.6. The van der Waals surface area contributed by atoms with E-state index >= 15 is 0 Å². The van der Waals surface area contributed by atoms with Crippen molar-refractivity contribution in [2.24, 2.45) is 11.0 Å². The minimum Gasteiger partial charge on any atom is -0.497 e. The van der Waals surface area contributed by atoms with Gasteiger partial charge in [0.25, 0.3) is 5.91 Å². The zero-order valence-electron chi connectivity index (χ0n) is 29.8. The molecule has 9 nitrogen and oxygen atoms in total. The maximum absolute atomic E-state index is 15.0. The number of carbonyl (C=O) groups is 2. The second kappa shape index (κ2) is 13.7. The molecule has 0 unspecified atom stereocenters. The van der Waals surface area contributed by atoms with E-state index in [2.05, 4.69) is 32.2 Å². The summed E-state index contributed by atoms with van der Waals surface area (Å²) in [6.45, 7) is 7.07. The largest absolute Gasteiger partial charge is 0.497 e. The summed E-state index contributed by atoms with van der Waals surface area (Å²) in [4.78, 5) is 29.8. The van der Waals surface area contributed by atoms with Gasteiger partial charge in [0.2, 0.25) is 5.91 Å². The number of aliphatic hydroxyl groups excluding tert-OH is 1. The topological polar surface area (TPSA) is 101 Å². The summed E-state index contributed by atoms with van der Waals surface area (Å²) >= 11 is 0. The van der Waals surface area contributed by atoms with Crippen LogP contribution >= 0.6 is 0 Å². The van der Waals surface area contributed by atoms with Gasteiger partial charge in [0.1, 0.15) is 11.5 Å². The second-order valence-electron chi connectivity index (χ2n) is 14.2. The average Bonchev–Trinajstić information content (AvgIpc) is 3.58. The summed E-state index contributed by atoms with van der Waals surface area (Å²) in [5.41, 5.74) is 3.84. The fraction of sp³-hybridized carbons (Fsp3) is 0.341. The predicted molar refractivity (Wildman–Crippen MR) is 202 cm³/mol. The third kappa shape index (κ3) is 5.95. The Balaban J connectivity index is 1.21. The van der Waals surface area contributed by atoms with Crippen LogP contribution in [0.25, 0.3) is 0 Å². The minimum absolute atomic E-state index is 0.0312. The Morgan fingerprint density at radius 2 is 1.59 bits per heavy atom. The Labute approximate surface area is 300 Å².